The Morgan fingerprint density at radius 3 is 2.46 bits per heavy atom. The van der Waals surface area contributed by atoms with E-state index in [1.807, 2.05) is 51.1 Å². The van der Waals surface area contributed by atoms with Gasteiger partial charge in [-0.05, 0) is 84.8 Å². The summed E-state index contributed by atoms with van der Waals surface area (Å²) in [5.41, 5.74) is 2.47. The number of thiazole rings is 1. The van der Waals surface area contributed by atoms with Gasteiger partial charge in [-0.3, -0.25) is 14.2 Å². The number of allylic oxidation sites excluding steroid dienone is 1. The van der Waals surface area contributed by atoms with Crippen LogP contribution in [0.2, 0.25) is 5.02 Å². The molecule has 2 heterocycles. The third-order valence-corrected chi connectivity index (χ3v) is 8.28. The second-order valence-corrected chi connectivity index (χ2v) is 11.0. The molecule has 1 atom stereocenters. The molecular weight excluding hydrogens is 625 g/mol. The molecule has 7 nitrogen and oxygen atoms in total. The highest BCUT2D eigenvalue weighted by Gasteiger charge is 2.34. The lowest BCUT2D eigenvalue weighted by Gasteiger charge is -2.29. The summed E-state index contributed by atoms with van der Waals surface area (Å²) in [4.78, 5) is 34.5. The van der Waals surface area contributed by atoms with E-state index in [2.05, 4.69) is 22.6 Å². The predicted octanol–water partition coefficient (Wildman–Crippen LogP) is 4.38. The largest absolute Gasteiger partial charge is 0.493 e. The van der Waals surface area contributed by atoms with Crippen LogP contribution in [0.1, 0.15) is 37.9 Å². The third kappa shape index (κ3) is 5.21. The number of carbonyl (C=O) groups is 1. The Balaban J connectivity index is 1.95. The maximum absolute atomic E-state index is 13.9. The summed E-state index contributed by atoms with van der Waals surface area (Å²) in [6.45, 7) is 6.82. The fourth-order valence-electron chi connectivity index (χ4n) is 4.41. The fraction of sp³-hybridized carbons (Fsp3) is 0.296. The monoisotopic (exact) mass is 651 g/mol. The first-order chi connectivity index (χ1) is 17.7. The highest BCUT2D eigenvalue weighted by Crippen LogP contribution is 2.34. The molecule has 194 valence electrons. The van der Waals surface area contributed by atoms with Gasteiger partial charge in [0.1, 0.15) is 0 Å². The number of amides is 1. The summed E-state index contributed by atoms with van der Waals surface area (Å²) in [7, 11) is 3.17. The minimum Gasteiger partial charge on any atom is -0.493 e. The third-order valence-electron chi connectivity index (χ3n) is 6.24. The summed E-state index contributed by atoms with van der Waals surface area (Å²) >= 11 is 9.63. The molecule has 0 bridgehead atoms. The number of hydrogen-bond donors (Lipinski definition) is 0. The molecule has 1 aliphatic rings. The number of nitrogens with zero attached hydrogens (tertiary/aromatic N) is 3. The van der Waals surface area contributed by atoms with Gasteiger partial charge in [0, 0.05) is 18.1 Å². The van der Waals surface area contributed by atoms with Gasteiger partial charge in [-0.1, -0.05) is 35.1 Å². The average Bonchev–Trinajstić information content (AvgIpc) is 3.18. The molecule has 37 heavy (non-hydrogen) atoms. The number of halogens is 2. The van der Waals surface area contributed by atoms with Gasteiger partial charge in [0.25, 0.3) is 11.5 Å². The van der Waals surface area contributed by atoms with Crippen LogP contribution in [0.15, 0.2) is 57.5 Å². The van der Waals surface area contributed by atoms with E-state index in [1.54, 1.807) is 35.8 Å². The summed E-state index contributed by atoms with van der Waals surface area (Å²) in [6.07, 6.45) is 1.82. The van der Waals surface area contributed by atoms with E-state index >= 15 is 0 Å². The average molecular weight is 652 g/mol. The van der Waals surface area contributed by atoms with Crippen LogP contribution in [0, 0.1) is 3.57 Å². The van der Waals surface area contributed by atoms with E-state index in [0.29, 0.717) is 50.2 Å². The second kappa shape index (κ2) is 11.4. The molecule has 3 aromatic rings. The van der Waals surface area contributed by atoms with Crippen LogP contribution < -0.4 is 24.4 Å². The fourth-order valence-corrected chi connectivity index (χ4v) is 6.43. The SMILES string of the molecule is CCN(CC)C(=O)C1=C(C)N=c2s/c(=C/c3cc(I)c(OC)c(OC)c3)c(=O)n2[C@H]1c1ccc(Cl)cc1. The van der Waals surface area contributed by atoms with Gasteiger partial charge in [0.05, 0.1) is 39.6 Å². The van der Waals surface area contributed by atoms with Gasteiger partial charge in [-0.25, -0.2) is 4.99 Å². The summed E-state index contributed by atoms with van der Waals surface area (Å²) in [6, 6.07) is 10.4. The van der Waals surface area contributed by atoms with Crippen molar-refractivity contribution in [1.82, 2.24) is 9.47 Å². The molecule has 0 fully saturated rings. The normalized spacial score (nSPS) is 15.3. The Kier molecular flexibility index (Phi) is 8.45. The van der Waals surface area contributed by atoms with Gasteiger partial charge in [0.2, 0.25) is 0 Å². The summed E-state index contributed by atoms with van der Waals surface area (Å²) in [5.74, 6) is 1.09. The van der Waals surface area contributed by atoms with E-state index < -0.39 is 6.04 Å². The smallest absolute Gasteiger partial charge is 0.271 e. The van der Waals surface area contributed by atoms with Gasteiger partial charge < -0.3 is 14.4 Å². The first-order valence-corrected chi connectivity index (χ1v) is 14.0. The van der Waals surface area contributed by atoms with Crippen molar-refractivity contribution in [2.75, 3.05) is 27.3 Å². The van der Waals surface area contributed by atoms with Gasteiger partial charge >= 0.3 is 0 Å². The molecule has 0 saturated carbocycles. The van der Waals surface area contributed by atoms with Crippen molar-refractivity contribution in [3.05, 3.63) is 87.1 Å². The quantitative estimate of drug-likeness (QED) is 0.356. The van der Waals surface area contributed by atoms with Crippen LogP contribution in [-0.4, -0.2) is 42.7 Å². The number of hydrogen-bond acceptors (Lipinski definition) is 6. The van der Waals surface area contributed by atoms with Gasteiger partial charge in [0.15, 0.2) is 16.3 Å². The molecule has 1 amide bonds. The van der Waals surface area contributed by atoms with Crippen LogP contribution in [0.25, 0.3) is 6.08 Å². The van der Waals surface area contributed by atoms with Crippen molar-refractivity contribution in [3.63, 3.8) is 0 Å². The van der Waals surface area contributed by atoms with Crippen LogP contribution in [0.5, 0.6) is 11.5 Å². The highest BCUT2D eigenvalue weighted by molar-refractivity contribution is 14.1. The van der Waals surface area contributed by atoms with Crippen LogP contribution in [-0.2, 0) is 4.79 Å². The first kappa shape index (κ1) is 27.4. The maximum atomic E-state index is 13.9. The molecule has 0 saturated heterocycles. The van der Waals surface area contributed by atoms with Crippen LogP contribution in [0.3, 0.4) is 0 Å². The van der Waals surface area contributed by atoms with E-state index in [1.165, 1.54) is 11.3 Å². The lowest BCUT2D eigenvalue weighted by molar-refractivity contribution is -0.127. The minimum atomic E-state index is -0.616. The Hall–Kier alpha value is -2.63. The number of rotatable bonds is 7. The number of likely N-dealkylation sites (N-methyl/N-ethyl adjacent to an activating group) is 1. The van der Waals surface area contributed by atoms with Crippen LogP contribution >= 0.6 is 45.5 Å². The Morgan fingerprint density at radius 1 is 1.19 bits per heavy atom. The molecule has 0 unspecified atom stereocenters. The molecule has 0 N–H and O–H groups in total. The van der Waals surface area contributed by atoms with E-state index in [9.17, 15) is 9.59 Å². The lowest BCUT2D eigenvalue weighted by Crippen LogP contribution is -2.43. The van der Waals surface area contributed by atoms with Crippen molar-refractivity contribution in [2.24, 2.45) is 4.99 Å². The molecule has 0 aliphatic carbocycles. The topological polar surface area (TPSA) is 73.1 Å². The Bertz CT molecular complexity index is 1560. The number of carbonyl (C=O) groups excluding carboxylic acids is 1. The summed E-state index contributed by atoms with van der Waals surface area (Å²) in [5, 5.41) is 0.580. The van der Waals surface area contributed by atoms with Crippen LogP contribution in [0.4, 0.5) is 0 Å². The molecular formula is C27H27ClIN3O4S. The maximum Gasteiger partial charge on any atom is 0.271 e. The number of benzene rings is 2. The zero-order valence-corrected chi connectivity index (χ0v) is 24.9. The molecule has 0 spiro atoms. The standard InChI is InChI=1S/C27H27ClIN3O4S/c1-6-31(7-2)26(34)22-15(3)30-27-32(23(22)17-8-10-18(28)11-9-17)25(33)21(37-27)14-16-12-19(29)24(36-5)20(13-16)35-4/h8-14,23H,6-7H2,1-5H3/b21-14+/t23-/m0/s1. The predicted molar refractivity (Wildman–Crippen MR) is 155 cm³/mol. The Morgan fingerprint density at radius 2 is 1.86 bits per heavy atom. The molecule has 1 aliphatic heterocycles. The zero-order chi connectivity index (χ0) is 26.9. The number of aromatic nitrogens is 1. The molecule has 0 radical (unpaired) electrons. The molecule has 4 rings (SSSR count). The van der Waals surface area contributed by atoms with E-state index in [0.717, 1.165) is 14.7 Å². The van der Waals surface area contributed by atoms with Crippen molar-refractivity contribution in [2.45, 2.75) is 26.8 Å². The van der Waals surface area contributed by atoms with Crippen molar-refractivity contribution < 1.29 is 14.3 Å². The van der Waals surface area contributed by atoms with Gasteiger partial charge in [-0.15, -0.1) is 0 Å². The number of methoxy groups -OCH3 is 2. The minimum absolute atomic E-state index is 0.130. The Labute approximate surface area is 237 Å². The molecule has 1 aromatic heterocycles. The van der Waals surface area contributed by atoms with Gasteiger partial charge in [-0.2, -0.15) is 0 Å². The van der Waals surface area contributed by atoms with Crippen molar-refractivity contribution in [3.8, 4) is 11.5 Å². The van der Waals surface area contributed by atoms with E-state index in [4.69, 9.17) is 26.1 Å². The number of ether oxygens (including phenoxy) is 2. The van der Waals surface area contributed by atoms with E-state index in [-0.39, 0.29) is 11.5 Å². The molecule has 10 heteroatoms. The molecule has 2 aromatic carbocycles. The second-order valence-electron chi connectivity index (χ2n) is 8.35. The first-order valence-electron chi connectivity index (χ1n) is 11.7. The number of fused-ring (bicyclic) bond motifs is 1. The van der Waals surface area contributed by atoms with Crippen molar-refractivity contribution >= 4 is 57.5 Å². The highest BCUT2D eigenvalue weighted by atomic mass is 127. The summed E-state index contributed by atoms with van der Waals surface area (Å²) < 4.78 is 13.9. The lowest BCUT2D eigenvalue weighted by atomic mass is 9.94. The van der Waals surface area contributed by atoms with Crippen molar-refractivity contribution in [1.29, 1.82) is 0 Å². The zero-order valence-electron chi connectivity index (χ0n) is 21.2.